The second-order valence-corrected chi connectivity index (χ2v) is 9.20. The zero-order valence-corrected chi connectivity index (χ0v) is 23.2. The Bertz CT molecular complexity index is 670. The quantitative estimate of drug-likeness (QED) is 0.172. The largest absolute Gasteiger partial charge is 0.382 e. The predicted molar refractivity (Wildman–Crippen MR) is 145 cm³/mol. The fourth-order valence-electron chi connectivity index (χ4n) is 5.11. The Morgan fingerprint density at radius 2 is 1.79 bits per heavy atom. The van der Waals surface area contributed by atoms with E-state index in [0.29, 0.717) is 0 Å². The van der Waals surface area contributed by atoms with E-state index in [0.717, 1.165) is 64.0 Å². The van der Waals surface area contributed by atoms with Gasteiger partial charge in [-0.25, -0.2) is 0 Å². The molecular weight excluding hydrogens is 529 g/mol. The van der Waals surface area contributed by atoms with Crippen molar-refractivity contribution in [2.75, 3.05) is 45.9 Å². The van der Waals surface area contributed by atoms with Gasteiger partial charge in [0.1, 0.15) is 12.2 Å². The summed E-state index contributed by atoms with van der Waals surface area (Å²) < 4.78 is 7.62. The molecule has 2 heterocycles. The van der Waals surface area contributed by atoms with Gasteiger partial charge in [0.25, 0.3) is 0 Å². The molecule has 2 N–H and O–H groups in total. The lowest BCUT2D eigenvalue weighted by Gasteiger charge is -2.47. The third-order valence-corrected chi connectivity index (χ3v) is 6.96. The lowest BCUT2D eigenvalue weighted by Crippen LogP contribution is -2.54. The Morgan fingerprint density at radius 1 is 1.06 bits per heavy atom. The zero-order chi connectivity index (χ0) is 22.5. The summed E-state index contributed by atoms with van der Waals surface area (Å²) in [5.41, 5.74) is 0.252. The van der Waals surface area contributed by atoms with Crippen molar-refractivity contribution in [3.63, 3.8) is 0 Å². The molecule has 0 unspecified atom stereocenters. The summed E-state index contributed by atoms with van der Waals surface area (Å²) >= 11 is 0. The summed E-state index contributed by atoms with van der Waals surface area (Å²) in [6.45, 7) is 11.6. The van der Waals surface area contributed by atoms with Crippen LogP contribution in [0.5, 0.6) is 0 Å². The summed E-state index contributed by atoms with van der Waals surface area (Å²) in [5, 5.41) is 15.3. The SMILES string of the molecule is CCOCCCNC(=NCC1(N2CCCCC2)CCCCC1)NCCn1cnnc1CC.I. The molecule has 1 aromatic rings. The molecule has 2 aliphatic rings. The molecule has 0 radical (unpaired) electrons. The molecule has 8 nitrogen and oxygen atoms in total. The summed E-state index contributed by atoms with van der Waals surface area (Å²) in [4.78, 5) is 7.92. The van der Waals surface area contributed by atoms with E-state index in [1.165, 1.54) is 64.5 Å². The first kappa shape index (κ1) is 28.3. The maximum Gasteiger partial charge on any atom is 0.191 e. The number of piperidine rings is 1. The minimum atomic E-state index is 0. The number of nitrogens with one attached hydrogen (secondary N) is 2. The third kappa shape index (κ3) is 8.98. The van der Waals surface area contributed by atoms with Crippen LogP contribution in [0.2, 0.25) is 0 Å². The van der Waals surface area contributed by atoms with Gasteiger partial charge in [-0.1, -0.05) is 32.6 Å². The van der Waals surface area contributed by atoms with Gasteiger partial charge in [-0.3, -0.25) is 9.89 Å². The Hall–Kier alpha value is -0.940. The van der Waals surface area contributed by atoms with E-state index in [9.17, 15) is 0 Å². The van der Waals surface area contributed by atoms with Crippen LogP contribution in [-0.2, 0) is 17.7 Å². The van der Waals surface area contributed by atoms with Gasteiger partial charge in [-0.15, -0.1) is 34.2 Å². The van der Waals surface area contributed by atoms with Crippen molar-refractivity contribution < 1.29 is 4.74 Å². The Kier molecular flexibility index (Phi) is 13.6. The molecule has 2 fully saturated rings. The minimum absolute atomic E-state index is 0. The van der Waals surface area contributed by atoms with E-state index < -0.39 is 0 Å². The van der Waals surface area contributed by atoms with Gasteiger partial charge in [-0.05, 0) is 52.1 Å². The average molecular weight is 576 g/mol. The molecule has 0 bridgehead atoms. The molecule has 0 amide bonds. The van der Waals surface area contributed by atoms with Crippen molar-refractivity contribution in [1.82, 2.24) is 30.3 Å². The maximum absolute atomic E-state index is 5.50. The number of hydrogen-bond donors (Lipinski definition) is 2. The number of ether oxygens (including phenoxy) is 1. The standard InChI is InChI=1S/C24H45N7O.HI/c1-3-22-29-28-21-30(22)18-15-26-23(25-14-11-19-32-4-2)27-20-24(12-7-5-8-13-24)31-16-9-6-10-17-31;/h21H,3-20H2,1-2H3,(H2,25,26,27);1H. The summed E-state index contributed by atoms with van der Waals surface area (Å²) in [6, 6.07) is 0. The number of rotatable bonds is 12. The van der Waals surface area contributed by atoms with E-state index >= 15 is 0 Å². The Labute approximate surface area is 217 Å². The number of halogens is 1. The van der Waals surface area contributed by atoms with Crippen LogP contribution in [0.1, 0.15) is 77.5 Å². The summed E-state index contributed by atoms with van der Waals surface area (Å²) in [5.74, 6) is 1.95. The molecule has 1 saturated heterocycles. The smallest absolute Gasteiger partial charge is 0.191 e. The van der Waals surface area contributed by atoms with Gasteiger partial charge >= 0.3 is 0 Å². The highest BCUT2D eigenvalue weighted by molar-refractivity contribution is 14.0. The molecule has 33 heavy (non-hydrogen) atoms. The van der Waals surface area contributed by atoms with Crippen molar-refractivity contribution in [2.45, 2.75) is 90.1 Å². The van der Waals surface area contributed by atoms with Gasteiger partial charge in [0.2, 0.25) is 0 Å². The molecule has 3 rings (SSSR count). The van der Waals surface area contributed by atoms with Gasteiger partial charge in [0, 0.05) is 44.8 Å². The second kappa shape index (κ2) is 15.9. The van der Waals surface area contributed by atoms with E-state index in [-0.39, 0.29) is 29.5 Å². The van der Waals surface area contributed by atoms with E-state index in [4.69, 9.17) is 9.73 Å². The lowest BCUT2D eigenvalue weighted by atomic mass is 9.79. The third-order valence-electron chi connectivity index (χ3n) is 6.96. The molecule has 0 aromatic carbocycles. The number of aryl methyl sites for hydroxylation is 1. The normalized spacial score (nSPS) is 19.2. The molecular formula is C24H46IN7O. The van der Waals surface area contributed by atoms with Crippen molar-refractivity contribution in [3.8, 4) is 0 Å². The first-order chi connectivity index (χ1) is 15.8. The highest BCUT2D eigenvalue weighted by Crippen LogP contribution is 2.35. The molecule has 190 valence electrons. The summed E-state index contributed by atoms with van der Waals surface area (Å²) in [6.07, 6.45) is 14.4. The van der Waals surface area contributed by atoms with E-state index in [2.05, 4.69) is 37.2 Å². The van der Waals surface area contributed by atoms with Crippen molar-refractivity contribution in [1.29, 1.82) is 0 Å². The van der Waals surface area contributed by atoms with Crippen LogP contribution in [0.4, 0.5) is 0 Å². The van der Waals surface area contributed by atoms with Gasteiger partial charge in [-0.2, -0.15) is 0 Å². The lowest BCUT2D eigenvalue weighted by molar-refractivity contribution is 0.0407. The zero-order valence-electron chi connectivity index (χ0n) is 20.9. The molecule has 1 aromatic heterocycles. The Morgan fingerprint density at radius 3 is 2.52 bits per heavy atom. The van der Waals surface area contributed by atoms with Crippen LogP contribution in [0.3, 0.4) is 0 Å². The Balaban J connectivity index is 0.00000385. The van der Waals surface area contributed by atoms with Gasteiger partial charge in [0.15, 0.2) is 5.96 Å². The van der Waals surface area contributed by atoms with Gasteiger partial charge < -0.3 is 19.9 Å². The van der Waals surface area contributed by atoms with Crippen molar-refractivity contribution in [3.05, 3.63) is 12.2 Å². The van der Waals surface area contributed by atoms with Crippen LogP contribution in [0, 0.1) is 0 Å². The maximum atomic E-state index is 5.50. The van der Waals surface area contributed by atoms with Crippen LogP contribution in [-0.4, -0.2) is 77.1 Å². The van der Waals surface area contributed by atoms with E-state index in [1.807, 2.05) is 13.3 Å². The highest BCUT2D eigenvalue weighted by atomic mass is 127. The van der Waals surface area contributed by atoms with Crippen molar-refractivity contribution >= 4 is 29.9 Å². The van der Waals surface area contributed by atoms with Crippen molar-refractivity contribution in [2.24, 2.45) is 4.99 Å². The predicted octanol–water partition coefficient (Wildman–Crippen LogP) is 3.61. The highest BCUT2D eigenvalue weighted by Gasteiger charge is 2.38. The van der Waals surface area contributed by atoms with Crippen LogP contribution < -0.4 is 10.6 Å². The molecule has 0 spiro atoms. The summed E-state index contributed by atoms with van der Waals surface area (Å²) in [7, 11) is 0. The molecule has 1 aliphatic carbocycles. The monoisotopic (exact) mass is 575 g/mol. The second-order valence-electron chi connectivity index (χ2n) is 9.20. The van der Waals surface area contributed by atoms with Crippen LogP contribution in [0.25, 0.3) is 0 Å². The first-order valence-electron chi connectivity index (χ1n) is 13.0. The van der Waals surface area contributed by atoms with E-state index in [1.54, 1.807) is 0 Å². The average Bonchev–Trinajstić information content (AvgIpc) is 3.30. The minimum Gasteiger partial charge on any atom is -0.382 e. The molecule has 1 saturated carbocycles. The number of guanidine groups is 1. The number of hydrogen-bond acceptors (Lipinski definition) is 5. The van der Waals surface area contributed by atoms with Gasteiger partial charge in [0.05, 0.1) is 6.54 Å². The van der Waals surface area contributed by atoms with Crippen LogP contribution in [0.15, 0.2) is 11.3 Å². The molecule has 1 aliphatic heterocycles. The number of aromatic nitrogens is 3. The first-order valence-corrected chi connectivity index (χ1v) is 13.0. The number of likely N-dealkylation sites (tertiary alicyclic amines) is 1. The fourth-order valence-corrected chi connectivity index (χ4v) is 5.11. The van der Waals surface area contributed by atoms with Crippen LogP contribution >= 0.6 is 24.0 Å². The number of nitrogens with zero attached hydrogens (tertiary/aromatic N) is 5. The fraction of sp³-hybridized carbons (Fsp3) is 0.875. The molecule has 9 heteroatoms. The molecule has 0 atom stereocenters. The number of aliphatic imine (C=N–C) groups is 1. The topological polar surface area (TPSA) is 79.6 Å².